The summed E-state index contributed by atoms with van der Waals surface area (Å²) in [6, 6.07) is 5.66. The topological polar surface area (TPSA) is 15.6 Å². The van der Waals surface area contributed by atoms with Crippen LogP contribution >= 0.6 is 58.4 Å². The molecule has 0 saturated carbocycles. The molecule has 1 rings (SSSR count). The second-order valence-corrected chi connectivity index (χ2v) is 8.77. The Kier molecular flexibility index (Phi) is 6.61. The van der Waals surface area contributed by atoms with E-state index in [0.717, 1.165) is 23.2 Å². The molecule has 0 amide bonds. The predicted octanol–water partition coefficient (Wildman–Crippen LogP) is 5.99. The predicted molar refractivity (Wildman–Crippen MR) is 89.2 cm³/mol. The zero-order chi connectivity index (χ0) is 14.6. The van der Waals surface area contributed by atoms with Gasteiger partial charge in [0, 0.05) is 23.0 Å². The molecule has 0 aliphatic heterocycles. The molecule has 0 fully saturated rings. The fourth-order valence-electron chi connectivity index (χ4n) is 1.26. The molecule has 7 heteroatoms. The Hall–Kier alpha value is 0.200. The van der Waals surface area contributed by atoms with Crippen LogP contribution in [0.25, 0.3) is 0 Å². The summed E-state index contributed by atoms with van der Waals surface area (Å²) in [5.74, 6) is 0. The van der Waals surface area contributed by atoms with Gasteiger partial charge in [0.1, 0.15) is 6.34 Å². The van der Waals surface area contributed by atoms with Crippen molar-refractivity contribution >= 4 is 70.4 Å². The first-order chi connectivity index (χ1) is 8.69. The maximum absolute atomic E-state index is 5.90. The first-order valence-corrected chi connectivity index (χ1v) is 7.82. The van der Waals surface area contributed by atoms with E-state index in [2.05, 4.69) is 4.99 Å². The van der Waals surface area contributed by atoms with Crippen molar-refractivity contribution in [3.8, 4) is 0 Å². The van der Waals surface area contributed by atoms with Gasteiger partial charge in [-0.1, -0.05) is 46.4 Å². The summed E-state index contributed by atoms with van der Waals surface area (Å²) >= 11 is 24.3. The molecule has 0 atom stereocenters. The molecule has 0 aliphatic carbocycles. The number of rotatable bonds is 4. The number of nitrogens with zero attached hydrogens (tertiary/aromatic N) is 2. The minimum Gasteiger partial charge on any atom is -0.301 e. The van der Waals surface area contributed by atoms with Gasteiger partial charge in [0.25, 0.3) is 3.12 Å². The summed E-state index contributed by atoms with van der Waals surface area (Å²) in [6.45, 7) is 5.93. The molecule has 0 N–H and O–H groups in total. The third-order valence-electron chi connectivity index (χ3n) is 2.19. The van der Waals surface area contributed by atoms with E-state index in [1.165, 1.54) is 0 Å². The number of alkyl halides is 3. The van der Waals surface area contributed by atoms with Crippen LogP contribution in [-0.4, -0.2) is 19.8 Å². The molecule has 0 bridgehead atoms. The van der Waals surface area contributed by atoms with Crippen molar-refractivity contribution in [2.75, 3.05) is 0 Å². The lowest BCUT2D eigenvalue weighted by atomic mass is 10.2. The first-order valence-electron chi connectivity index (χ1n) is 5.53. The molecular formula is C12H14Cl4N2S. The Balaban J connectivity index is 2.86. The molecule has 0 aliphatic rings. The quantitative estimate of drug-likeness (QED) is 0.284. The lowest BCUT2D eigenvalue weighted by Gasteiger charge is -2.25. The summed E-state index contributed by atoms with van der Waals surface area (Å²) in [4.78, 5) is 4.40. The number of aryl methyl sites for hydroxylation is 1. The summed E-state index contributed by atoms with van der Waals surface area (Å²) in [5.41, 5.74) is 1.83. The molecule has 2 nitrogen and oxygen atoms in total. The molecule has 0 unspecified atom stereocenters. The maximum Gasteiger partial charge on any atom is 0.256 e. The molecule has 0 radical (unpaired) electrons. The molecule has 0 heterocycles. The molecule has 0 spiro atoms. The van der Waals surface area contributed by atoms with Gasteiger partial charge in [-0.15, -0.1) is 0 Å². The third-order valence-corrected chi connectivity index (χ3v) is 3.98. The number of aliphatic imine (C=N–C) groups is 1. The maximum atomic E-state index is 5.90. The lowest BCUT2D eigenvalue weighted by molar-refractivity contribution is 0.563. The Labute approximate surface area is 138 Å². The van der Waals surface area contributed by atoms with Crippen LogP contribution in [-0.2, 0) is 0 Å². The van der Waals surface area contributed by atoms with Crippen molar-refractivity contribution in [2.24, 2.45) is 4.99 Å². The van der Waals surface area contributed by atoms with E-state index in [-0.39, 0.29) is 6.04 Å². The van der Waals surface area contributed by atoms with Gasteiger partial charge in [0.05, 0.1) is 5.69 Å². The van der Waals surface area contributed by atoms with E-state index in [1.807, 2.05) is 32.9 Å². The fraction of sp³-hybridized carbons (Fsp3) is 0.417. The molecule has 1 aromatic carbocycles. The van der Waals surface area contributed by atoms with Crippen molar-refractivity contribution in [1.82, 2.24) is 4.31 Å². The molecule has 0 aromatic heterocycles. The highest BCUT2D eigenvalue weighted by molar-refractivity contribution is 8.03. The Bertz CT molecular complexity index is 458. The standard InChI is InChI=1S/C12H14Cl4N2S/c1-8(2)18(19-12(14,15)16)7-17-11-5-4-10(13)6-9(11)3/h4-8H,1-3H3. The Morgan fingerprint density at radius 3 is 2.42 bits per heavy atom. The highest BCUT2D eigenvalue weighted by Gasteiger charge is 2.25. The number of hydrogen-bond donors (Lipinski definition) is 0. The van der Waals surface area contributed by atoms with Crippen molar-refractivity contribution in [2.45, 2.75) is 29.9 Å². The average Bonchev–Trinajstić information content (AvgIpc) is 2.24. The molecule has 1 aromatic rings. The van der Waals surface area contributed by atoms with Crippen LogP contribution in [0.2, 0.25) is 5.02 Å². The van der Waals surface area contributed by atoms with Gasteiger partial charge in [-0.2, -0.15) is 0 Å². The highest BCUT2D eigenvalue weighted by atomic mass is 35.6. The molecule has 19 heavy (non-hydrogen) atoms. The summed E-state index contributed by atoms with van der Waals surface area (Å²) in [5, 5.41) is 0.688. The average molecular weight is 360 g/mol. The van der Waals surface area contributed by atoms with Crippen LogP contribution in [0.15, 0.2) is 23.2 Å². The second kappa shape index (κ2) is 7.28. The van der Waals surface area contributed by atoms with Gasteiger partial charge in [-0.25, -0.2) is 4.99 Å². The van der Waals surface area contributed by atoms with Crippen LogP contribution in [0.5, 0.6) is 0 Å². The Morgan fingerprint density at radius 2 is 1.95 bits per heavy atom. The van der Waals surface area contributed by atoms with Crippen LogP contribution in [0.4, 0.5) is 5.69 Å². The van der Waals surface area contributed by atoms with Gasteiger partial charge >= 0.3 is 0 Å². The molecular weight excluding hydrogens is 346 g/mol. The van der Waals surface area contributed by atoms with Crippen molar-refractivity contribution in [3.63, 3.8) is 0 Å². The van der Waals surface area contributed by atoms with Crippen LogP contribution in [0.1, 0.15) is 19.4 Å². The summed E-state index contributed by atoms with van der Waals surface area (Å²) in [6.07, 6.45) is 1.66. The monoisotopic (exact) mass is 358 g/mol. The van der Waals surface area contributed by atoms with Crippen LogP contribution in [0, 0.1) is 6.92 Å². The third kappa shape index (κ3) is 6.46. The van der Waals surface area contributed by atoms with Gasteiger partial charge in [-0.05, 0) is 44.5 Å². The van der Waals surface area contributed by atoms with E-state index in [1.54, 1.807) is 16.7 Å². The SMILES string of the molecule is Cc1cc(Cl)ccc1N=CN(SC(Cl)(Cl)Cl)C(C)C. The smallest absolute Gasteiger partial charge is 0.256 e. The summed E-state index contributed by atoms with van der Waals surface area (Å²) in [7, 11) is 0. The van der Waals surface area contributed by atoms with E-state index in [4.69, 9.17) is 46.4 Å². The largest absolute Gasteiger partial charge is 0.301 e. The van der Waals surface area contributed by atoms with E-state index < -0.39 is 3.12 Å². The fourth-order valence-corrected chi connectivity index (χ4v) is 2.75. The lowest BCUT2D eigenvalue weighted by Crippen LogP contribution is -2.25. The van der Waals surface area contributed by atoms with E-state index >= 15 is 0 Å². The summed E-state index contributed by atoms with van der Waals surface area (Å²) < 4.78 is 0.381. The normalized spacial score (nSPS) is 12.4. The van der Waals surface area contributed by atoms with Gasteiger partial charge < -0.3 is 4.31 Å². The zero-order valence-corrected chi connectivity index (χ0v) is 14.5. The van der Waals surface area contributed by atoms with Crippen molar-refractivity contribution in [1.29, 1.82) is 0 Å². The Morgan fingerprint density at radius 1 is 1.32 bits per heavy atom. The minimum absolute atomic E-state index is 0.150. The van der Waals surface area contributed by atoms with Gasteiger partial charge in [0.15, 0.2) is 0 Å². The minimum atomic E-state index is -1.41. The van der Waals surface area contributed by atoms with Gasteiger partial charge in [0.2, 0.25) is 0 Å². The molecule has 106 valence electrons. The van der Waals surface area contributed by atoms with Crippen LogP contribution < -0.4 is 0 Å². The number of hydrogen-bond acceptors (Lipinski definition) is 2. The second-order valence-electron chi connectivity index (χ2n) is 4.17. The zero-order valence-electron chi connectivity index (χ0n) is 10.7. The first kappa shape index (κ1) is 17.3. The van der Waals surface area contributed by atoms with Crippen molar-refractivity contribution < 1.29 is 0 Å². The van der Waals surface area contributed by atoms with E-state index in [9.17, 15) is 0 Å². The van der Waals surface area contributed by atoms with Crippen LogP contribution in [0.3, 0.4) is 0 Å². The van der Waals surface area contributed by atoms with Crippen molar-refractivity contribution in [3.05, 3.63) is 28.8 Å². The highest BCUT2D eigenvalue weighted by Crippen LogP contribution is 2.41. The van der Waals surface area contributed by atoms with Gasteiger partial charge in [-0.3, -0.25) is 0 Å². The number of benzene rings is 1. The number of halogens is 4. The molecule has 0 saturated heterocycles. The van der Waals surface area contributed by atoms with E-state index in [0.29, 0.717) is 5.02 Å².